The van der Waals surface area contributed by atoms with E-state index in [0.29, 0.717) is 22.4 Å². The first kappa shape index (κ1) is 15.4. The number of halogens is 3. The molecule has 0 fully saturated rings. The third kappa shape index (κ3) is 2.72. The highest BCUT2D eigenvalue weighted by Gasteiger charge is 2.31. The molecule has 0 saturated heterocycles. The number of hydrogen-bond acceptors (Lipinski definition) is 4. The van der Waals surface area contributed by atoms with Crippen molar-refractivity contribution in [2.24, 2.45) is 0 Å². The van der Waals surface area contributed by atoms with E-state index < -0.39 is 0 Å². The Kier molecular flexibility index (Phi) is 3.86. The zero-order valence-corrected chi connectivity index (χ0v) is 13.8. The van der Waals surface area contributed by atoms with E-state index in [4.69, 9.17) is 23.2 Å². The highest BCUT2D eigenvalue weighted by Crippen LogP contribution is 2.39. The Morgan fingerprint density at radius 1 is 1.17 bits per heavy atom. The number of nitrogens with one attached hydrogen (secondary N) is 1. The summed E-state index contributed by atoms with van der Waals surface area (Å²) in [5, 5.41) is 16.2. The maximum Gasteiger partial charge on any atom is 0.243 e. The van der Waals surface area contributed by atoms with Gasteiger partial charge in [0.05, 0.1) is 12.1 Å². The summed E-state index contributed by atoms with van der Waals surface area (Å²) in [6.45, 7) is 0. The predicted octanol–water partition coefficient (Wildman–Crippen LogP) is 4.27. The van der Waals surface area contributed by atoms with Crippen LogP contribution in [0, 0.1) is 5.82 Å². The lowest BCUT2D eigenvalue weighted by atomic mass is 9.93. The lowest BCUT2D eigenvalue weighted by molar-refractivity contribution is 0.422. The number of benzene rings is 2. The first-order valence-electron chi connectivity index (χ1n) is 7.36. The molecule has 0 saturated carbocycles. The number of tetrazole rings is 1. The fourth-order valence-electron chi connectivity index (χ4n) is 3.02. The number of rotatable bonds is 2. The summed E-state index contributed by atoms with van der Waals surface area (Å²) in [6.07, 6.45) is 0.628. The van der Waals surface area contributed by atoms with Crippen LogP contribution in [-0.2, 0) is 0 Å². The Hall–Kier alpha value is -2.18. The van der Waals surface area contributed by atoms with Gasteiger partial charge in [0.15, 0.2) is 0 Å². The van der Waals surface area contributed by atoms with E-state index >= 15 is 0 Å². The molecule has 3 aromatic rings. The lowest BCUT2D eigenvalue weighted by Crippen LogP contribution is -2.28. The van der Waals surface area contributed by atoms with E-state index in [-0.39, 0.29) is 17.9 Å². The molecular formula is C16H12Cl2FN5. The number of nitrogens with zero attached hydrogens (tertiary/aromatic N) is 4. The van der Waals surface area contributed by atoms with Gasteiger partial charge in [-0.1, -0.05) is 46.5 Å². The van der Waals surface area contributed by atoms with E-state index in [0.717, 1.165) is 11.1 Å². The van der Waals surface area contributed by atoms with E-state index in [1.54, 1.807) is 22.9 Å². The van der Waals surface area contributed by atoms with Gasteiger partial charge >= 0.3 is 0 Å². The molecule has 1 N–H and O–H groups in total. The van der Waals surface area contributed by atoms with Gasteiger partial charge in [0, 0.05) is 10.0 Å². The van der Waals surface area contributed by atoms with Crippen molar-refractivity contribution in [2.45, 2.75) is 18.5 Å². The normalized spacial score (nSPS) is 19.6. The Morgan fingerprint density at radius 2 is 2.04 bits per heavy atom. The van der Waals surface area contributed by atoms with Crippen molar-refractivity contribution in [1.82, 2.24) is 20.2 Å². The highest BCUT2D eigenvalue weighted by molar-refractivity contribution is 6.35. The van der Waals surface area contributed by atoms with E-state index in [1.807, 2.05) is 12.1 Å². The summed E-state index contributed by atoms with van der Waals surface area (Å²) in [5.74, 6) is 0.230. The predicted molar refractivity (Wildman–Crippen MR) is 89.8 cm³/mol. The molecule has 0 aliphatic carbocycles. The van der Waals surface area contributed by atoms with Crippen molar-refractivity contribution in [2.75, 3.05) is 5.32 Å². The van der Waals surface area contributed by atoms with Gasteiger partial charge in [-0.2, -0.15) is 0 Å². The molecule has 1 aromatic heterocycles. The van der Waals surface area contributed by atoms with Crippen LogP contribution in [0.25, 0.3) is 0 Å². The molecule has 0 unspecified atom stereocenters. The Morgan fingerprint density at radius 3 is 2.83 bits per heavy atom. The molecule has 0 spiro atoms. The first-order chi connectivity index (χ1) is 11.6. The molecule has 2 aromatic carbocycles. The van der Waals surface area contributed by atoms with E-state index in [2.05, 4.69) is 20.8 Å². The van der Waals surface area contributed by atoms with Crippen LogP contribution in [0.2, 0.25) is 10.0 Å². The number of fused-ring (bicyclic) bond motifs is 1. The Labute approximate surface area is 147 Å². The fourth-order valence-corrected chi connectivity index (χ4v) is 3.56. The first-order valence-corrected chi connectivity index (χ1v) is 8.12. The van der Waals surface area contributed by atoms with E-state index in [9.17, 15) is 4.39 Å². The zero-order valence-electron chi connectivity index (χ0n) is 12.3. The quantitative estimate of drug-likeness (QED) is 0.738. The third-order valence-corrected chi connectivity index (χ3v) is 4.68. The molecule has 122 valence electrons. The van der Waals surface area contributed by atoms with Crippen molar-refractivity contribution >= 4 is 29.2 Å². The molecule has 8 heteroatoms. The summed E-state index contributed by atoms with van der Waals surface area (Å²) in [4.78, 5) is 0. The molecule has 0 bridgehead atoms. The van der Waals surface area contributed by atoms with Crippen LogP contribution < -0.4 is 5.32 Å². The molecule has 4 rings (SSSR count). The van der Waals surface area contributed by atoms with Crippen LogP contribution in [0.1, 0.15) is 29.6 Å². The third-order valence-electron chi connectivity index (χ3n) is 4.12. The average Bonchev–Trinajstić information content (AvgIpc) is 3.02. The van der Waals surface area contributed by atoms with Crippen molar-refractivity contribution in [3.05, 3.63) is 69.5 Å². The maximum absolute atomic E-state index is 13.6. The molecule has 24 heavy (non-hydrogen) atoms. The summed E-state index contributed by atoms with van der Waals surface area (Å²) in [5.41, 5.74) is 1.71. The molecule has 1 aliphatic rings. The Bertz CT molecular complexity index is 898. The summed E-state index contributed by atoms with van der Waals surface area (Å²) >= 11 is 12.3. The van der Waals surface area contributed by atoms with Crippen molar-refractivity contribution in [3.63, 3.8) is 0 Å². The smallest absolute Gasteiger partial charge is 0.243 e. The molecule has 1 aliphatic heterocycles. The topological polar surface area (TPSA) is 55.6 Å². The van der Waals surface area contributed by atoms with Gasteiger partial charge in [-0.25, -0.2) is 9.07 Å². The van der Waals surface area contributed by atoms with Gasteiger partial charge in [0.1, 0.15) is 5.82 Å². The lowest BCUT2D eigenvalue weighted by Gasteiger charge is -2.31. The molecule has 2 atom stereocenters. The minimum Gasteiger partial charge on any atom is -0.346 e. The molecular weight excluding hydrogens is 352 g/mol. The minimum atomic E-state index is -0.290. The van der Waals surface area contributed by atoms with Gasteiger partial charge in [-0.3, -0.25) is 0 Å². The monoisotopic (exact) mass is 363 g/mol. The van der Waals surface area contributed by atoms with Gasteiger partial charge < -0.3 is 5.32 Å². The van der Waals surface area contributed by atoms with Crippen LogP contribution in [-0.4, -0.2) is 20.2 Å². The summed E-state index contributed by atoms with van der Waals surface area (Å²) in [6, 6.07) is 11.5. The summed E-state index contributed by atoms with van der Waals surface area (Å²) < 4.78 is 15.3. The Balaban J connectivity index is 1.76. The van der Waals surface area contributed by atoms with Crippen molar-refractivity contribution in [1.29, 1.82) is 0 Å². The standard InChI is InChI=1S/C16H12Cl2FN5/c17-10-4-5-12(13(18)7-10)14-8-15(9-2-1-3-11(19)6-9)24-16(20-14)21-22-23-24/h1-7,14-15H,8H2,(H,20,21,23)/t14-,15+/m0/s1. The van der Waals surface area contributed by atoms with Crippen LogP contribution >= 0.6 is 23.2 Å². The van der Waals surface area contributed by atoms with Gasteiger partial charge in [-0.05, 0) is 52.2 Å². The van der Waals surface area contributed by atoms with Gasteiger partial charge in [0.25, 0.3) is 0 Å². The second-order valence-electron chi connectivity index (χ2n) is 5.62. The molecule has 0 amide bonds. The zero-order chi connectivity index (χ0) is 16.7. The van der Waals surface area contributed by atoms with Crippen molar-refractivity contribution < 1.29 is 4.39 Å². The molecule has 5 nitrogen and oxygen atoms in total. The van der Waals surface area contributed by atoms with Crippen LogP contribution in [0.4, 0.5) is 10.3 Å². The molecule has 0 radical (unpaired) electrons. The number of aromatic nitrogens is 4. The minimum absolute atomic E-state index is 0.110. The SMILES string of the molecule is Fc1cccc([C@H]2C[C@@H](c3ccc(Cl)cc3Cl)Nc3nnnn32)c1. The second-order valence-corrected chi connectivity index (χ2v) is 6.46. The second kappa shape index (κ2) is 6.03. The van der Waals surface area contributed by atoms with Crippen LogP contribution in [0.3, 0.4) is 0 Å². The maximum atomic E-state index is 13.6. The largest absolute Gasteiger partial charge is 0.346 e. The van der Waals surface area contributed by atoms with E-state index in [1.165, 1.54) is 12.1 Å². The van der Waals surface area contributed by atoms with Crippen molar-refractivity contribution in [3.8, 4) is 0 Å². The molecule has 2 heterocycles. The van der Waals surface area contributed by atoms with Gasteiger partial charge in [-0.15, -0.1) is 0 Å². The van der Waals surface area contributed by atoms with Crippen LogP contribution in [0.5, 0.6) is 0 Å². The van der Waals surface area contributed by atoms with Gasteiger partial charge in [0.2, 0.25) is 5.95 Å². The highest BCUT2D eigenvalue weighted by atomic mass is 35.5. The fraction of sp³-hybridized carbons (Fsp3) is 0.188. The number of hydrogen-bond donors (Lipinski definition) is 1. The average molecular weight is 364 g/mol. The van der Waals surface area contributed by atoms with Crippen LogP contribution in [0.15, 0.2) is 42.5 Å². The number of anilines is 1. The summed E-state index contributed by atoms with van der Waals surface area (Å²) in [7, 11) is 0.